The fourth-order valence-electron chi connectivity index (χ4n) is 2.26. The first-order chi connectivity index (χ1) is 11.8. The zero-order valence-corrected chi connectivity index (χ0v) is 13.8. The molecule has 0 saturated carbocycles. The summed E-state index contributed by atoms with van der Waals surface area (Å²) in [6, 6.07) is 19.5. The standard InChI is InChI=1S/C19H14N2O2S/c1-13-4-8-15(9-5-13)22-16-10-6-14(7-11-16)18-20-19(23-21-18)17-3-2-12-24-17/h2-12H,1H3. The number of ether oxygens (including phenoxy) is 1. The van der Waals surface area contributed by atoms with E-state index in [2.05, 4.69) is 10.1 Å². The van der Waals surface area contributed by atoms with Crippen molar-refractivity contribution in [2.75, 3.05) is 0 Å². The van der Waals surface area contributed by atoms with Crippen LogP contribution in [0.1, 0.15) is 5.56 Å². The third-order valence-electron chi connectivity index (χ3n) is 3.53. The first-order valence-electron chi connectivity index (χ1n) is 7.50. The van der Waals surface area contributed by atoms with Crippen molar-refractivity contribution >= 4 is 11.3 Å². The topological polar surface area (TPSA) is 48.2 Å². The minimum atomic E-state index is 0.542. The van der Waals surface area contributed by atoms with E-state index in [0.717, 1.165) is 21.9 Å². The van der Waals surface area contributed by atoms with Gasteiger partial charge in [0, 0.05) is 5.56 Å². The van der Waals surface area contributed by atoms with Crippen LogP contribution in [-0.2, 0) is 0 Å². The molecule has 0 N–H and O–H groups in total. The lowest BCUT2D eigenvalue weighted by molar-refractivity contribution is 0.433. The van der Waals surface area contributed by atoms with Gasteiger partial charge in [0.2, 0.25) is 5.82 Å². The Balaban J connectivity index is 1.52. The molecule has 0 radical (unpaired) electrons. The predicted octanol–water partition coefficient (Wildman–Crippen LogP) is 5.57. The minimum Gasteiger partial charge on any atom is -0.457 e. The molecule has 118 valence electrons. The van der Waals surface area contributed by atoms with Crippen LogP contribution in [-0.4, -0.2) is 10.1 Å². The molecule has 0 fully saturated rings. The SMILES string of the molecule is Cc1ccc(Oc2ccc(-c3noc(-c4cccs4)n3)cc2)cc1. The molecular formula is C19H14N2O2S. The minimum absolute atomic E-state index is 0.542. The van der Waals surface area contributed by atoms with Crippen molar-refractivity contribution in [3.63, 3.8) is 0 Å². The first kappa shape index (κ1) is 14.7. The predicted molar refractivity (Wildman–Crippen MR) is 94.3 cm³/mol. The first-order valence-corrected chi connectivity index (χ1v) is 8.38. The number of hydrogen-bond donors (Lipinski definition) is 0. The molecule has 5 heteroatoms. The lowest BCUT2D eigenvalue weighted by Gasteiger charge is -2.06. The number of rotatable bonds is 4. The molecule has 0 amide bonds. The summed E-state index contributed by atoms with van der Waals surface area (Å²) < 4.78 is 11.1. The van der Waals surface area contributed by atoms with E-state index in [-0.39, 0.29) is 0 Å². The van der Waals surface area contributed by atoms with Crippen LogP contribution in [0.15, 0.2) is 70.6 Å². The van der Waals surface area contributed by atoms with Crippen LogP contribution in [0, 0.1) is 6.92 Å². The van der Waals surface area contributed by atoms with Gasteiger partial charge in [-0.1, -0.05) is 28.9 Å². The Hall–Kier alpha value is -2.92. The molecule has 0 aliphatic heterocycles. The molecule has 0 aliphatic carbocycles. The average molecular weight is 334 g/mol. The van der Waals surface area contributed by atoms with E-state index in [0.29, 0.717) is 11.7 Å². The van der Waals surface area contributed by atoms with Gasteiger partial charge in [0.25, 0.3) is 5.89 Å². The van der Waals surface area contributed by atoms with E-state index >= 15 is 0 Å². The summed E-state index contributed by atoms with van der Waals surface area (Å²) in [5, 5.41) is 6.03. The molecular weight excluding hydrogens is 320 g/mol. The molecule has 0 bridgehead atoms. The number of benzene rings is 2. The van der Waals surface area contributed by atoms with Crippen LogP contribution < -0.4 is 4.74 Å². The summed E-state index contributed by atoms with van der Waals surface area (Å²) in [5.41, 5.74) is 2.09. The third-order valence-corrected chi connectivity index (χ3v) is 4.39. The summed E-state index contributed by atoms with van der Waals surface area (Å²) in [5.74, 6) is 2.69. The number of aromatic nitrogens is 2. The Morgan fingerprint density at radius 2 is 1.62 bits per heavy atom. The quantitative estimate of drug-likeness (QED) is 0.490. The van der Waals surface area contributed by atoms with Crippen LogP contribution in [0.3, 0.4) is 0 Å². The van der Waals surface area contributed by atoms with E-state index < -0.39 is 0 Å². The summed E-state index contributed by atoms with van der Waals surface area (Å²) in [7, 11) is 0. The van der Waals surface area contributed by atoms with Gasteiger partial charge in [0.1, 0.15) is 11.5 Å². The molecule has 0 atom stereocenters. The Morgan fingerprint density at radius 1 is 0.917 bits per heavy atom. The second-order valence-electron chi connectivity index (χ2n) is 5.34. The zero-order valence-electron chi connectivity index (χ0n) is 13.0. The largest absolute Gasteiger partial charge is 0.457 e. The van der Waals surface area contributed by atoms with Crippen LogP contribution in [0.5, 0.6) is 11.5 Å². The van der Waals surface area contributed by atoms with Crippen molar-refractivity contribution in [2.45, 2.75) is 6.92 Å². The van der Waals surface area contributed by atoms with Crippen LogP contribution in [0.4, 0.5) is 0 Å². The van der Waals surface area contributed by atoms with E-state index in [4.69, 9.17) is 9.26 Å². The maximum Gasteiger partial charge on any atom is 0.268 e. The summed E-state index contributed by atoms with van der Waals surface area (Å²) in [6.45, 7) is 2.05. The van der Waals surface area contributed by atoms with Gasteiger partial charge in [-0.15, -0.1) is 11.3 Å². The van der Waals surface area contributed by atoms with E-state index in [9.17, 15) is 0 Å². The Labute approximate surface area is 143 Å². The third kappa shape index (κ3) is 3.07. The molecule has 24 heavy (non-hydrogen) atoms. The van der Waals surface area contributed by atoms with Crippen LogP contribution >= 0.6 is 11.3 Å². The van der Waals surface area contributed by atoms with Crippen molar-refractivity contribution in [3.8, 4) is 33.7 Å². The molecule has 2 aromatic carbocycles. The maximum atomic E-state index is 5.83. The van der Waals surface area contributed by atoms with Gasteiger partial charge in [-0.25, -0.2) is 0 Å². The highest BCUT2D eigenvalue weighted by Crippen LogP contribution is 2.28. The molecule has 2 aromatic heterocycles. The molecule has 2 heterocycles. The van der Waals surface area contributed by atoms with Gasteiger partial charge in [0.05, 0.1) is 4.88 Å². The van der Waals surface area contributed by atoms with E-state index in [1.807, 2.05) is 73.0 Å². The Bertz CT molecular complexity index is 926. The number of nitrogens with zero attached hydrogens (tertiary/aromatic N) is 2. The van der Waals surface area contributed by atoms with E-state index in [1.54, 1.807) is 11.3 Å². The molecule has 4 nitrogen and oxygen atoms in total. The molecule has 0 unspecified atom stereocenters. The second kappa shape index (κ2) is 6.29. The number of thiophene rings is 1. The Morgan fingerprint density at radius 3 is 2.29 bits per heavy atom. The van der Waals surface area contributed by atoms with Crippen LogP contribution in [0.25, 0.3) is 22.2 Å². The average Bonchev–Trinajstić information content (AvgIpc) is 3.29. The zero-order chi connectivity index (χ0) is 16.4. The van der Waals surface area contributed by atoms with Gasteiger partial charge in [0.15, 0.2) is 0 Å². The molecule has 0 aliphatic rings. The fraction of sp³-hybridized carbons (Fsp3) is 0.0526. The summed E-state index contributed by atoms with van der Waals surface area (Å²) >= 11 is 1.57. The van der Waals surface area contributed by atoms with Gasteiger partial charge in [-0.3, -0.25) is 0 Å². The fourth-order valence-corrected chi connectivity index (χ4v) is 2.90. The lowest BCUT2D eigenvalue weighted by atomic mass is 10.2. The van der Waals surface area contributed by atoms with Crippen LogP contribution in [0.2, 0.25) is 0 Å². The highest BCUT2D eigenvalue weighted by molar-refractivity contribution is 7.13. The lowest BCUT2D eigenvalue weighted by Crippen LogP contribution is -1.85. The van der Waals surface area contributed by atoms with Crippen molar-refractivity contribution in [3.05, 3.63) is 71.6 Å². The maximum absolute atomic E-state index is 5.83. The Kier molecular flexibility index (Phi) is 3.84. The smallest absolute Gasteiger partial charge is 0.268 e. The molecule has 4 rings (SSSR count). The summed E-state index contributed by atoms with van der Waals surface area (Å²) in [6.07, 6.45) is 0. The molecule has 4 aromatic rings. The van der Waals surface area contributed by atoms with Gasteiger partial charge in [-0.2, -0.15) is 4.98 Å². The van der Waals surface area contributed by atoms with Crippen molar-refractivity contribution in [1.82, 2.24) is 10.1 Å². The number of aryl methyl sites for hydroxylation is 1. The van der Waals surface area contributed by atoms with Gasteiger partial charge < -0.3 is 9.26 Å². The van der Waals surface area contributed by atoms with E-state index in [1.165, 1.54) is 5.56 Å². The highest BCUT2D eigenvalue weighted by atomic mass is 32.1. The summed E-state index contributed by atoms with van der Waals surface area (Å²) in [4.78, 5) is 5.40. The molecule has 0 saturated heterocycles. The highest BCUT2D eigenvalue weighted by Gasteiger charge is 2.11. The van der Waals surface area contributed by atoms with Crippen molar-refractivity contribution in [2.24, 2.45) is 0 Å². The monoisotopic (exact) mass is 334 g/mol. The van der Waals surface area contributed by atoms with Crippen molar-refractivity contribution in [1.29, 1.82) is 0 Å². The number of hydrogen-bond acceptors (Lipinski definition) is 5. The normalized spacial score (nSPS) is 10.7. The van der Waals surface area contributed by atoms with Gasteiger partial charge >= 0.3 is 0 Å². The second-order valence-corrected chi connectivity index (χ2v) is 6.29. The molecule has 0 spiro atoms. The van der Waals surface area contributed by atoms with Gasteiger partial charge in [-0.05, 0) is 54.8 Å². The van der Waals surface area contributed by atoms with Crippen molar-refractivity contribution < 1.29 is 9.26 Å².